The van der Waals surface area contributed by atoms with Gasteiger partial charge in [0.2, 0.25) is 0 Å². The molecule has 0 atom stereocenters. The van der Waals surface area contributed by atoms with Crippen LogP contribution >= 0.6 is 34.3 Å². The highest BCUT2D eigenvalue weighted by Crippen LogP contribution is 2.30. The van der Waals surface area contributed by atoms with Gasteiger partial charge >= 0.3 is 0 Å². The number of thiazole rings is 1. The second-order valence-electron chi connectivity index (χ2n) is 4.33. The monoisotopic (exact) mass is 313 g/mol. The summed E-state index contributed by atoms with van der Waals surface area (Å²) in [6.07, 6.45) is 0.917. The fourth-order valence-electron chi connectivity index (χ4n) is 1.92. The Kier molecular flexibility index (Phi) is 3.58. The van der Waals surface area contributed by atoms with E-state index in [1.807, 2.05) is 12.3 Å². The van der Waals surface area contributed by atoms with E-state index in [1.54, 1.807) is 0 Å². The van der Waals surface area contributed by atoms with E-state index in [2.05, 4.69) is 15.6 Å². The Morgan fingerprint density at radius 1 is 1.58 bits per heavy atom. The second kappa shape index (κ2) is 5.20. The smallest absolute Gasteiger partial charge is 0.269 e. The van der Waals surface area contributed by atoms with Crippen molar-refractivity contribution in [2.24, 2.45) is 0 Å². The highest BCUT2D eigenvalue weighted by molar-refractivity contribution is 7.16. The summed E-state index contributed by atoms with van der Waals surface area (Å²) in [6.45, 7) is 3.67. The van der Waals surface area contributed by atoms with Gasteiger partial charge in [-0.05, 0) is 17.9 Å². The molecule has 0 saturated heterocycles. The largest absolute Gasteiger partial charge is 0.311 e. The Morgan fingerprint density at radius 3 is 3.11 bits per heavy atom. The molecule has 0 bridgehead atoms. The minimum absolute atomic E-state index is 0.179. The predicted molar refractivity (Wildman–Crippen MR) is 79.5 cm³/mol. The fourth-order valence-corrected chi connectivity index (χ4v) is 4.06. The lowest BCUT2D eigenvalue weighted by Gasteiger charge is -2.09. The molecule has 2 aromatic heterocycles. The van der Waals surface area contributed by atoms with Crippen LogP contribution in [0, 0.1) is 6.92 Å². The van der Waals surface area contributed by atoms with Crippen LogP contribution in [0.25, 0.3) is 0 Å². The standard InChI is InChI=1S/C12H12ClN3OS2/c1-6-5-18-10(9(6)13)11(17)16-12-15-7-2-3-14-4-8(7)19-12/h5,14H,2-4H2,1H3,(H,15,16,17). The van der Waals surface area contributed by atoms with Crippen LogP contribution in [0.15, 0.2) is 5.38 Å². The van der Waals surface area contributed by atoms with Gasteiger partial charge in [-0.2, -0.15) is 0 Å². The molecule has 0 unspecified atom stereocenters. The van der Waals surface area contributed by atoms with Crippen molar-refractivity contribution in [1.29, 1.82) is 0 Å². The van der Waals surface area contributed by atoms with Crippen molar-refractivity contribution in [1.82, 2.24) is 10.3 Å². The van der Waals surface area contributed by atoms with E-state index in [-0.39, 0.29) is 5.91 Å². The van der Waals surface area contributed by atoms with Gasteiger partial charge in [-0.25, -0.2) is 4.98 Å². The van der Waals surface area contributed by atoms with Crippen LogP contribution in [0.2, 0.25) is 5.02 Å². The van der Waals surface area contributed by atoms with Crippen molar-refractivity contribution in [3.63, 3.8) is 0 Å². The summed E-state index contributed by atoms with van der Waals surface area (Å²) in [5.41, 5.74) is 2.02. The molecule has 0 aliphatic carbocycles. The van der Waals surface area contributed by atoms with Gasteiger partial charge in [0.1, 0.15) is 4.88 Å². The summed E-state index contributed by atoms with van der Waals surface area (Å²) in [5.74, 6) is -0.179. The number of hydrogen-bond acceptors (Lipinski definition) is 5. The molecule has 0 fully saturated rings. The zero-order valence-corrected chi connectivity index (χ0v) is 12.6. The topological polar surface area (TPSA) is 54.0 Å². The molecule has 0 radical (unpaired) electrons. The number of aryl methyl sites for hydroxylation is 1. The molecule has 7 heteroatoms. The van der Waals surface area contributed by atoms with Crippen molar-refractivity contribution in [2.75, 3.05) is 11.9 Å². The highest BCUT2D eigenvalue weighted by Gasteiger charge is 2.19. The maximum Gasteiger partial charge on any atom is 0.269 e. The summed E-state index contributed by atoms with van der Waals surface area (Å²) < 4.78 is 0. The van der Waals surface area contributed by atoms with Crippen molar-refractivity contribution in [2.45, 2.75) is 19.9 Å². The van der Waals surface area contributed by atoms with E-state index < -0.39 is 0 Å². The Balaban J connectivity index is 1.79. The summed E-state index contributed by atoms with van der Waals surface area (Å²) in [5, 5.41) is 9.20. The van der Waals surface area contributed by atoms with E-state index in [4.69, 9.17) is 11.6 Å². The zero-order chi connectivity index (χ0) is 13.4. The van der Waals surface area contributed by atoms with Crippen LogP contribution in [0.3, 0.4) is 0 Å². The molecule has 0 saturated carbocycles. The number of thiophene rings is 1. The van der Waals surface area contributed by atoms with Gasteiger partial charge in [-0.15, -0.1) is 22.7 Å². The van der Waals surface area contributed by atoms with Gasteiger partial charge in [0, 0.05) is 24.4 Å². The Hall–Kier alpha value is -0.950. The molecule has 2 aromatic rings. The van der Waals surface area contributed by atoms with Gasteiger partial charge in [-0.3, -0.25) is 10.1 Å². The molecule has 3 heterocycles. The number of fused-ring (bicyclic) bond motifs is 1. The van der Waals surface area contributed by atoms with Gasteiger partial charge in [-0.1, -0.05) is 11.6 Å². The first-order valence-electron chi connectivity index (χ1n) is 5.89. The van der Waals surface area contributed by atoms with Crippen LogP contribution < -0.4 is 10.6 Å². The molecule has 100 valence electrons. The molecule has 1 amide bonds. The number of carbonyl (C=O) groups excluding carboxylic acids is 1. The number of aromatic nitrogens is 1. The molecule has 0 aromatic carbocycles. The van der Waals surface area contributed by atoms with E-state index in [1.165, 1.54) is 27.6 Å². The van der Waals surface area contributed by atoms with E-state index in [0.717, 1.165) is 30.8 Å². The predicted octanol–water partition coefficient (Wildman–Crippen LogP) is 3.06. The van der Waals surface area contributed by atoms with Crippen LogP contribution in [0.1, 0.15) is 25.8 Å². The third-order valence-corrected chi connectivity index (χ3v) is 5.64. The van der Waals surface area contributed by atoms with Crippen LogP contribution in [-0.4, -0.2) is 17.4 Å². The average Bonchev–Trinajstić information content (AvgIpc) is 2.93. The lowest BCUT2D eigenvalue weighted by Crippen LogP contribution is -2.22. The Bertz CT molecular complexity index is 611. The van der Waals surface area contributed by atoms with Crippen molar-refractivity contribution < 1.29 is 4.79 Å². The van der Waals surface area contributed by atoms with Crippen molar-refractivity contribution >= 4 is 45.3 Å². The van der Waals surface area contributed by atoms with Crippen molar-refractivity contribution in [3.05, 3.63) is 31.4 Å². The van der Waals surface area contributed by atoms with Gasteiger partial charge in [0.15, 0.2) is 5.13 Å². The molecule has 2 N–H and O–H groups in total. The Labute approximate surface area is 123 Å². The third-order valence-electron chi connectivity index (χ3n) is 2.93. The molecular weight excluding hydrogens is 302 g/mol. The summed E-state index contributed by atoms with van der Waals surface area (Å²) in [4.78, 5) is 18.3. The van der Waals surface area contributed by atoms with Gasteiger partial charge < -0.3 is 5.32 Å². The molecule has 19 heavy (non-hydrogen) atoms. The van der Waals surface area contributed by atoms with Gasteiger partial charge in [0.25, 0.3) is 5.91 Å². The molecule has 4 nitrogen and oxygen atoms in total. The zero-order valence-electron chi connectivity index (χ0n) is 10.2. The first-order chi connectivity index (χ1) is 9.15. The molecule has 0 spiro atoms. The molecule has 1 aliphatic heterocycles. The first-order valence-corrected chi connectivity index (χ1v) is 7.97. The first kappa shape index (κ1) is 13.1. The minimum Gasteiger partial charge on any atom is -0.311 e. The van der Waals surface area contributed by atoms with E-state index in [0.29, 0.717) is 15.0 Å². The average molecular weight is 314 g/mol. The van der Waals surface area contributed by atoms with Gasteiger partial charge in [0.05, 0.1) is 10.7 Å². The van der Waals surface area contributed by atoms with Crippen LogP contribution in [0.4, 0.5) is 5.13 Å². The number of carbonyl (C=O) groups is 1. The molecular formula is C12H12ClN3OS2. The lowest BCUT2D eigenvalue weighted by atomic mass is 10.2. The maximum absolute atomic E-state index is 12.1. The van der Waals surface area contributed by atoms with Crippen molar-refractivity contribution in [3.8, 4) is 0 Å². The number of nitrogens with zero attached hydrogens (tertiary/aromatic N) is 1. The van der Waals surface area contributed by atoms with E-state index >= 15 is 0 Å². The van der Waals surface area contributed by atoms with Crippen LogP contribution in [-0.2, 0) is 13.0 Å². The maximum atomic E-state index is 12.1. The molecule has 3 rings (SSSR count). The summed E-state index contributed by atoms with van der Waals surface area (Å²) in [7, 11) is 0. The number of amides is 1. The number of nitrogens with one attached hydrogen (secondary N) is 2. The normalized spacial score (nSPS) is 14.2. The third kappa shape index (κ3) is 2.53. The quantitative estimate of drug-likeness (QED) is 0.896. The number of halogens is 1. The number of hydrogen-bond donors (Lipinski definition) is 2. The second-order valence-corrected chi connectivity index (χ2v) is 6.67. The summed E-state index contributed by atoms with van der Waals surface area (Å²) in [6, 6.07) is 0. The Morgan fingerprint density at radius 2 is 2.42 bits per heavy atom. The van der Waals surface area contributed by atoms with E-state index in [9.17, 15) is 4.79 Å². The molecule has 1 aliphatic rings. The fraction of sp³-hybridized carbons (Fsp3) is 0.333. The summed E-state index contributed by atoms with van der Waals surface area (Å²) >= 11 is 8.98. The minimum atomic E-state index is -0.179. The number of anilines is 1. The number of rotatable bonds is 2. The highest BCUT2D eigenvalue weighted by atomic mass is 35.5. The lowest BCUT2D eigenvalue weighted by molar-refractivity contribution is 0.103. The van der Waals surface area contributed by atoms with Crippen LogP contribution in [0.5, 0.6) is 0 Å². The SMILES string of the molecule is Cc1csc(C(=O)Nc2nc3c(s2)CNCC3)c1Cl.